The highest BCUT2D eigenvalue weighted by Crippen LogP contribution is 2.54. The summed E-state index contributed by atoms with van der Waals surface area (Å²) in [4.78, 5) is 21.8. The Morgan fingerprint density at radius 3 is 2.69 bits per heavy atom. The van der Waals surface area contributed by atoms with Gasteiger partial charge in [0.25, 0.3) is 5.69 Å². The number of carboxylic acid groups (broad SMARTS) is 1. The number of nitrogens with zero attached hydrogens (tertiary/aromatic N) is 1. The van der Waals surface area contributed by atoms with E-state index in [-0.39, 0.29) is 12.1 Å². The normalized spacial score (nSPS) is 20.8. The molecule has 1 unspecified atom stereocenters. The fourth-order valence-corrected chi connectivity index (χ4v) is 4.36. The number of ether oxygens (including phenoxy) is 1. The van der Waals surface area contributed by atoms with Crippen molar-refractivity contribution in [1.29, 1.82) is 0 Å². The number of non-ortho nitro benzene ring substituents is 1. The number of carboxylic acids is 1. The first-order valence-corrected chi connectivity index (χ1v) is 9.52. The Morgan fingerprint density at radius 1 is 1.24 bits per heavy atom. The summed E-state index contributed by atoms with van der Waals surface area (Å²) in [5, 5.41) is 23.8. The van der Waals surface area contributed by atoms with Crippen LogP contribution in [0.2, 0.25) is 0 Å². The summed E-state index contributed by atoms with van der Waals surface area (Å²) in [6, 6.07) is 12.5. The molecule has 0 aliphatic carbocycles. The van der Waals surface area contributed by atoms with Gasteiger partial charge in [-0.05, 0) is 56.0 Å². The molecule has 7 nitrogen and oxygen atoms in total. The van der Waals surface area contributed by atoms with Gasteiger partial charge in [0.2, 0.25) is 5.72 Å². The Bertz CT molecular complexity index is 1040. The molecular weight excluding hydrogens is 372 g/mol. The van der Waals surface area contributed by atoms with Crippen LogP contribution < -0.4 is 10.1 Å². The van der Waals surface area contributed by atoms with Gasteiger partial charge < -0.3 is 15.2 Å². The van der Waals surface area contributed by atoms with Crippen LogP contribution in [0, 0.1) is 10.1 Å². The molecule has 0 saturated carbocycles. The average Bonchev–Trinajstić information content (AvgIpc) is 2.89. The molecule has 2 aliphatic rings. The van der Waals surface area contributed by atoms with E-state index < -0.39 is 22.0 Å². The molecule has 0 aromatic heterocycles. The number of nitrogens with one attached hydrogen (secondary N) is 1. The molecule has 1 spiro atoms. The third kappa shape index (κ3) is 2.93. The fraction of sp³-hybridized carbons (Fsp3) is 0.318. The quantitative estimate of drug-likeness (QED) is 0.562. The molecule has 2 aromatic rings. The maximum absolute atomic E-state index is 11.2. The van der Waals surface area contributed by atoms with Crippen LogP contribution in [0.15, 0.2) is 48.0 Å². The SMILES string of the molecule is CC1(C)c2ccccc2NC12Oc1ccc([N+](=O)[O-])cc1C=C2CCCC(=O)O. The first-order valence-electron chi connectivity index (χ1n) is 9.52. The molecule has 2 N–H and O–H groups in total. The lowest BCUT2D eigenvalue weighted by Crippen LogP contribution is -2.56. The summed E-state index contributed by atoms with van der Waals surface area (Å²) < 4.78 is 6.53. The molecule has 0 amide bonds. The van der Waals surface area contributed by atoms with Crippen molar-refractivity contribution >= 4 is 23.4 Å². The van der Waals surface area contributed by atoms with Gasteiger partial charge in [-0.1, -0.05) is 18.2 Å². The molecule has 0 fully saturated rings. The van der Waals surface area contributed by atoms with Gasteiger partial charge in [0, 0.05) is 29.8 Å². The lowest BCUT2D eigenvalue weighted by atomic mass is 9.72. The molecule has 1 atom stereocenters. The standard InChI is InChI=1S/C22H22N2O5/c1-21(2)17-7-3-4-8-18(17)23-22(21)15(6-5-9-20(25)26)12-14-13-16(24(27)28)10-11-19(14)29-22/h3-4,7-8,10-13,23H,5-6,9H2,1-2H3,(H,25,26). The monoisotopic (exact) mass is 394 g/mol. The van der Waals surface area contributed by atoms with Crippen molar-refractivity contribution in [3.8, 4) is 5.75 Å². The van der Waals surface area contributed by atoms with Gasteiger partial charge in [-0.15, -0.1) is 0 Å². The lowest BCUT2D eigenvalue weighted by Gasteiger charge is -2.45. The highest BCUT2D eigenvalue weighted by Gasteiger charge is 2.57. The minimum Gasteiger partial charge on any atom is -0.481 e. The van der Waals surface area contributed by atoms with Crippen molar-refractivity contribution < 1.29 is 19.6 Å². The molecule has 0 bridgehead atoms. The van der Waals surface area contributed by atoms with E-state index in [0.717, 1.165) is 16.8 Å². The second kappa shape index (κ2) is 6.62. The van der Waals surface area contributed by atoms with E-state index in [1.54, 1.807) is 6.07 Å². The number of anilines is 1. The molecule has 4 rings (SSSR count). The Labute approximate surface area is 168 Å². The van der Waals surface area contributed by atoms with Crippen molar-refractivity contribution in [2.75, 3.05) is 5.32 Å². The number of para-hydroxylation sites is 1. The molecule has 150 valence electrons. The Kier molecular flexibility index (Phi) is 4.33. The van der Waals surface area contributed by atoms with E-state index in [1.807, 2.05) is 24.3 Å². The first-order chi connectivity index (χ1) is 13.7. The van der Waals surface area contributed by atoms with Gasteiger partial charge in [-0.3, -0.25) is 14.9 Å². The second-order valence-electron chi connectivity index (χ2n) is 7.97. The number of nitro benzene ring substituents is 1. The summed E-state index contributed by atoms with van der Waals surface area (Å²) in [5.41, 5.74) is 2.24. The van der Waals surface area contributed by atoms with Crippen LogP contribution in [0.1, 0.15) is 44.2 Å². The highest BCUT2D eigenvalue weighted by molar-refractivity contribution is 5.74. The fourth-order valence-electron chi connectivity index (χ4n) is 4.36. The number of benzene rings is 2. The number of hydrogen-bond donors (Lipinski definition) is 2. The van der Waals surface area contributed by atoms with E-state index in [9.17, 15) is 14.9 Å². The van der Waals surface area contributed by atoms with E-state index >= 15 is 0 Å². The summed E-state index contributed by atoms with van der Waals surface area (Å²) in [6.45, 7) is 4.18. The molecule has 29 heavy (non-hydrogen) atoms. The van der Waals surface area contributed by atoms with Crippen molar-refractivity contribution in [1.82, 2.24) is 0 Å². The van der Waals surface area contributed by atoms with Gasteiger partial charge >= 0.3 is 5.97 Å². The Hall–Kier alpha value is -3.35. The summed E-state index contributed by atoms with van der Waals surface area (Å²) in [5.74, 6) is -0.291. The Balaban J connectivity index is 1.82. The number of fused-ring (bicyclic) bond motifs is 2. The number of carbonyl (C=O) groups is 1. The first kappa shape index (κ1) is 19.0. The molecular formula is C22H22N2O5. The van der Waals surface area contributed by atoms with Gasteiger partial charge in [-0.25, -0.2) is 0 Å². The van der Waals surface area contributed by atoms with Crippen LogP contribution in [0.25, 0.3) is 6.08 Å². The maximum atomic E-state index is 11.2. The molecule has 7 heteroatoms. The van der Waals surface area contributed by atoms with Gasteiger partial charge in [0.1, 0.15) is 5.75 Å². The molecule has 2 heterocycles. The zero-order valence-electron chi connectivity index (χ0n) is 16.3. The predicted octanol–water partition coefficient (Wildman–Crippen LogP) is 4.73. The second-order valence-corrected chi connectivity index (χ2v) is 7.97. The van der Waals surface area contributed by atoms with Crippen LogP contribution in [-0.2, 0) is 10.2 Å². The molecule has 0 radical (unpaired) electrons. The van der Waals surface area contributed by atoms with E-state index in [1.165, 1.54) is 12.1 Å². The van der Waals surface area contributed by atoms with E-state index in [0.29, 0.717) is 24.2 Å². The number of rotatable bonds is 5. The van der Waals surface area contributed by atoms with Crippen LogP contribution in [0.4, 0.5) is 11.4 Å². The van der Waals surface area contributed by atoms with E-state index in [2.05, 4.69) is 25.2 Å². The number of hydrogen-bond acceptors (Lipinski definition) is 5. The zero-order chi connectivity index (χ0) is 20.8. The van der Waals surface area contributed by atoms with Crippen LogP contribution in [0.3, 0.4) is 0 Å². The largest absolute Gasteiger partial charge is 0.481 e. The molecule has 0 saturated heterocycles. The summed E-state index contributed by atoms with van der Waals surface area (Å²) in [6.07, 6.45) is 2.90. The minimum atomic E-state index is -0.891. The molecule has 2 aliphatic heterocycles. The molecule has 2 aromatic carbocycles. The van der Waals surface area contributed by atoms with Crippen molar-refractivity contribution in [2.24, 2.45) is 0 Å². The Morgan fingerprint density at radius 2 is 2.00 bits per heavy atom. The van der Waals surface area contributed by atoms with Crippen molar-refractivity contribution in [2.45, 2.75) is 44.2 Å². The highest BCUT2D eigenvalue weighted by atomic mass is 16.6. The van der Waals surface area contributed by atoms with Crippen LogP contribution in [0.5, 0.6) is 5.75 Å². The third-order valence-electron chi connectivity index (χ3n) is 5.88. The smallest absolute Gasteiger partial charge is 0.303 e. The van der Waals surface area contributed by atoms with Crippen molar-refractivity contribution in [3.05, 3.63) is 69.3 Å². The minimum absolute atomic E-state index is 0.00800. The number of nitro groups is 1. The predicted molar refractivity (Wildman–Crippen MR) is 109 cm³/mol. The van der Waals surface area contributed by atoms with E-state index in [4.69, 9.17) is 9.84 Å². The van der Waals surface area contributed by atoms with Gasteiger partial charge in [0.15, 0.2) is 0 Å². The van der Waals surface area contributed by atoms with Crippen LogP contribution in [-0.4, -0.2) is 21.7 Å². The summed E-state index contributed by atoms with van der Waals surface area (Å²) in [7, 11) is 0. The number of aliphatic carboxylic acids is 1. The van der Waals surface area contributed by atoms with Gasteiger partial charge in [0.05, 0.1) is 10.3 Å². The van der Waals surface area contributed by atoms with Crippen molar-refractivity contribution in [3.63, 3.8) is 0 Å². The lowest BCUT2D eigenvalue weighted by molar-refractivity contribution is -0.384. The third-order valence-corrected chi connectivity index (χ3v) is 5.88. The zero-order valence-corrected chi connectivity index (χ0v) is 16.3. The maximum Gasteiger partial charge on any atom is 0.303 e. The van der Waals surface area contributed by atoms with Gasteiger partial charge in [-0.2, -0.15) is 0 Å². The van der Waals surface area contributed by atoms with Crippen LogP contribution >= 0.6 is 0 Å². The topological polar surface area (TPSA) is 102 Å². The average molecular weight is 394 g/mol. The summed E-state index contributed by atoms with van der Waals surface area (Å²) >= 11 is 0.